The number of nitrogens with one attached hydrogen (secondary N) is 5. The Morgan fingerprint density at radius 3 is 1.33 bits per heavy atom. The molecule has 2 unspecified atom stereocenters. The molecule has 129 heavy (non-hydrogen) atoms. The summed E-state index contributed by atoms with van der Waals surface area (Å²) in [4.78, 5) is 95.3. The van der Waals surface area contributed by atoms with E-state index in [1.54, 1.807) is 101 Å². The fraction of sp³-hybridized carbons (Fsp3) is 0.369. The van der Waals surface area contributed by atoms with Gasteiger partial charge in [0.25, 0.3) is 30.1 Å². The van der Waals surface area contributed by atoms with Crippen LogP contribution in [0.5, 0.6) is 5.75 Å². The molecule has 0 bridgehead atoms. The molecule has 10 aromatic rings. The number of thiazole rings is 4. The average molecular weight is 1960 g/mol. The zero-order chi connectivity index (χ0) is 91.6. The average Bonchev–Trinajstić information content (AvgIpc) is 1.59. The van der Waals surface area contributed by atoms with Gasteiger partial charge in [0.05, 0.1) is 50.0 Å². The minimum Gasteiger partial charge on any atom is -0.772 e. The second-order valence-corrected chi connectivity index (χ2v) is 41.0. The number of ether oxygens (including phenoxy) is 1. The summed E-state index contributed by atoms with van der Waals surface area (Å²) in [6, 6.07) is 36.3. The summed E-state index contributed by atoms with van der Waals surface area (Å²) in [5.41, 5.74) is 8.52. The predicted octanol–water partition coefficient (Wildman–Crippen LogP) is 11.4. The summed E-state index contributed by atoms with van der Waals surface area (Å²) >= 11 is 0.999. The number of carbonyl (C=O) groups excluding carboxylic acids is 5. The number of halogens is 2. The van der Waals surface area contributed by atoms with Crippen molar-refractivity contribution >= 4 is 176 Å². The van der Waals surface area contributed by atoms with E-state index >= 15 is 0 Å². The second kappa shape index (κ2) is 44.2. The van der Waals surface area contributed by atoms with Crippen molar-refractivity contribution < 1.29 is 93.1 Å². The van der Waals surface area contributed by atoms with Crippen molar-refractivity contribution in [3.8, 4) is 5.75 Å². The minimum atomic E-state index is -3.77. The largest absolute Gasteiger partial charge is 0.772 e. The van der Waals surface area contributed by atoms with Crippen molar-refractivity contribution in [3.05, 3.63) is 203 Å². The molecule has 12 heterocycles. The van der Waals surface area contributed by atoms with Gasteiger partial charge in [0.2, 0.25) is 23.6 Å². The van der Waals surface area contributed by atoms with Crippen LogP contribution in [-0.2, 0) is 81.6 Å². The highest BCUT2D eigenvalue weighted by Crippen LogP contribution is 2.47. The van der Waals surface area contributed by atoms with Crippen LogP contribution in [0.2, 0.25) is 0 Å². The maximum absolute atomic E-state index is 14.1. The summed E-state index contributed by atoms with van der Waals surface area (Å²) in [6.45, 7) is 14.1. The van der Waals surface area contributed by atoms with Gasteiger partial charge < -0.3 is 54.7 Å². The molecule has 8 aliphatic rings. The number of nitrogens with two attached hydrogens (primary N) is 1. The number of likely N-dealkylation sites (tertiary alicyclic amines) is 1. The fourth-order valence-corrected chi connectivity index (χ4v) is 22.7. The zero-order valence-corrected chi connectivity index (χ0v) is 77.4. The molecule has 18 rings (SSSR count). The number of unbranched alkanes of at least 4 members (excludes halogenated alkanes) is 1. The Morgan fingerprint density at radius 2 is 0.930 bits per heavy atom. The van der Waals surface area contributed by atoms with Crippen LogP contribution in [0, 0.1) is 11.6 Å². The lowest BCUT2D eigenvalue weighted by molar-refractivity contribution is -0.140. The van der Waals surface area contributed by atoms with Crippen LogP contribution in [0.25, 0.3) is 0 Å². The highest BCUT2D eigenvalue weighted by Gasteiger charge is 2.52. The van der Waals surface area contributed by atoms with Gasteiger partial charge in [-0.3, -0.25) is 61.3 Å². The molecule has 0 aliphatic carbocycles. The van der Waals surface area contributed by atoms with E-state index in [0.717, 1.165) is 75.7 Å². The number of amides is 4. The fourth-order valence-electron chi connectivity index (χ4n) is 16.1. The van der Waals surface area contributed by atoms with E-state index in [1.165, 1.54) is 119 Å². The Hall–Kier alpha value is -10.1. The molecular formula is C84H114F2N18O16S9-2. The van der Waals surface area contributed by atoms with Crippen LogP contribution in [0.15, 0.2) is 205 Å². The van der Waals surface area contributed by atoms with Gasteiger partial charge in [0.1, 0.15) is 5.75 Å². The van der Waals surface area contributed by atoms with E-state index < -0.39 is 69.3 Å². The lowest BCUT2D eigenvalue weighted by atomic mass is 9.73. The summed E-state index contributed by atoms with van der Waals surface area (Å²) < 4.78 is 157. The molecule has 6 atom stereocenters. The molecule has 4 amide bonds. The Balaban J connectivity index is 0.000000366. The van der Waals surface area contributed by atoms with Crippen LogP contribution in [0.4, 0.5) is 57.7 Å². The van der Waals surface area contributed by atoms with E-state index in [2.05, 4.69) is 59.4 Å². The number of hydrogen-bond donors (Lipinski definition) is 6. The molecule has 7 fully saturated rings. The minimum absolute atomic E-state index is 0. The Labute approximate surface area is 780 Å². The van der Waals surface area contributed by atoms with Gasteiger partial charge in [-0.05, 0) is 178 Å². The standard InChI is InChI=1S/C25H24N4O5S2.C23H23F2N5O3S2.C15H18N4O3S2.C14H19N3O3S.C4H10O2S.C3H4N2S.9H2/c30-22-20(28-14-10-25(11-15-28)19-3-1-2-4-21(19)34-23(25)31)9-13-29(22)17-5-7-18(8-6-17)36(32,33)27-24-26-12-16-35-24;24-18-2-1-3-19(21(18)25)28-11-13-29(14-12-28)20-8-10-30(22(20)31)16-4-6-17(7-5-16)35(32,33)27-23-26-9-15-34-23;1-2-16-13-7-9-19(14(13)20)11-3-5-12(6-4-11)24(21,22)18-15-17-8-10-23-15;18-14-13(16-9-6-15-7-10-16)5-8-17(14)11-1-3-12(4-2-11)21(19)20;1-2-3-4-7(5)6;4-3-5-1-2-6-3;;;;;;;;;/h1-8,12,16,20H,9-11,13-15H2,(H,26,27);1-7,9,15,20H,8,10-14H2,(H,26,27);3-6,8,10,13,16H,2,7,9H2,1H3,(H,17,18);1-4,13,15H,5-10H2,(H,19,20);2-4H2,1H3,(H,5,6);1-2H,(H2,4,5);9*1H/p-2/t2*20-;2*13-;;;;;;;;;;;/m0000.........../s1. The van der Waals surface area contributed by atoms with Gasteiger partial charge in [-0.1, -0.05) is 55.6 Å². The van der Waals surface area contributed by atoms with E-state index in [1.807, 2.05) is 43.5 Å². The molecular weight excluding hydrogens is 1840 g/mol. The lowest BCUT2D eigenvalue weighted by Gasteiger charge is -2.39. The molecule has 34 nitrogen and oxygen atoms in total. The van der Waals surface area contributed by atoms with Gasteiger partial charge in [-0.25, -0.2) is 54.0 Å². The molecule has 45 heteroatoms. The van der Waals surface area contributed by atoms with Gasteiger partial charge in [-0.2, -0.15) is 0 Å². The highest BCUT2D eigenvalue weighted by atomic mass is 32.2. The number of hydrogen-bond acceptors (Lipinski definition) is 31. The molecule has 7 saturated heterocycles. The summed E-state index contributed by atoms with van der Waals surface area (Å²) in [5, 5.41) is 14.9. The molecule has 6 aromatic carbocycles. The van der Waals surface area contributed by atoms with Gasteiger partial charge in [0.15, 0.2) is 32.2 Å². The summed E-state index contributed by atoms with van der Waals surface area (Å²) in [6.07, 6.45) is 12.1. The van der Waals surface area contributed by atoms with Crippen molar-refractivity contribution in [2.75, 3.05) is 148 Å². The summed E-state index contributed by atoms with van der Waals surface area (Å²) in [5.74, 6) is -0.865. The number of piperazine rings is 2. The number of rotatable bonds is 23. The Bertz CT molecular complexity index is 5900. The van der Waals surface area contributed by atoms with E-state index in [4.69, 9.17) is 10.5 Å². The molecule has 4 aromatic heterocycles. The lowest BCUT2D eigenvalue weighted by Crippen LogP contribution is -2.52. The van der Waals surface area contributed by atoms with E-state index in [9.17, 15) is 75.5 Å². The SMILES string of the molecule is CCCCS(=O)[O-].CCN[C@H]1CCN(c2ccc(S(=O)(=O)Nc3nccs3)cc2)C1=O.Nc1nccs1.O=C1[C@@H](N2CCC3(CC2)C(=O)Oc2ccccc23)CCN1c1ccc(S(=O)(=O)Nc2nccs2)cc1.O=C1[C@@H](N2CCN(c3cccc(F)c3F)CC2)CCN1c1ccc(S(=O)(=O)Nc2nccs2)cc1.O=C1[C@@H](N2CCNCC2)CCN1c1ccc(S(=O)[O-])cc1.[HH].[HH].[HH].[HH].[HH].[HH].[HH].[HH].[HH]. The number of anilines is 9. The Morgan fingerprint density at radius 1 is 0.512 bits per heavy atom. The van der Waals surface area contributed by atoms with Gasteiger partial charge >= 0.3 is 5.97 Å². The van der Waals surface area contributed by atoms with Crippen molar-refractivity contribution in [2.24, 2.45) is 0 Å². The van der Waals surface area contributed by atoms with Crippen LogP contribution in [0.3, 0.4) is 0 Å². The van der Waals surface area contributed by atoms with Crippen molar-refractivity contribution in [1.82, 2.24) is 45.3 Å². The molecule has 0 radical (unpaired) electrons. The third kappa shape index (κ3) is 24.0. The highest BCUT2D eigenvalue weighted by molar-refractivity contribution is 7.93. The number of carbonyl (C=O) groups is 5. The molecule has 7 N–H and O–H groups in total. The number of benzene rings is 6. The maximum Gasteiger partial charge on any atom is 0.322 e. The molecule has 706 valence electrons. The maximum atomic E-state index is 14.1. The van der Waals surface area contributed by atoms with Crippen molar-refractivity contribution in [2.45, 2.75) is 114 Å². The van der Waals surface area contributed by atoms with Crippen molar-refractivity contribution in [1.29, 1.82) is 0 Å². The van der Waals surface area contributed by atoms with E-state index in [0.29, 0.717) is 135 Å². The van der Waals surface area contributed by atoms with Crippen LogP contribution >= 0.6 is 45.3 Å². The first-order chi connectivity index (χ1) is 62.0. The predicted molar refractivity (Wildman–Crippen MR) is 512 cm³/mol. The topological polar surface area (TPSA) is 441 Å². The third-order valence-electron chi connectivity index (χ3n) is 22.7. The number of nitrogens with zero attached hydrogens (tertiary/aromatic N) is 12. The number of likely N-dealkylation sites (N-methyl/N-ethyl adjacent to an activating group) is 1. The number of para-hydroxylation sites is 1. The number of sulfonamides is 3. The number of piperidine rings is 1. The third-order valence-corrected chi connectivity index (χ3v) is 31.1. The zero-order valence-electron chi connectivity index (χ0n) is 70.1. The quantitative estimate of drug-likeness (QED) is 0.0197. The first kappa shape index (κ1) is 96.5. The first-order valence-electron chi connectivity index (χ1n) is 41.4. The second-order valence-electron chi connectivity index (χ2n) is 30.4. The molecule has 8 aliphatic heterocycles. The molecule has 1 spiro atoms. The van der Waals surface area contributed by atoms with Crippen LogP contribution in [-0.4, -0.2) is 235 Å². The van der Waals surface area contributed by atoms with Gasteiger partial charge in [-0.15, -0.1) is 45.3 Å². The van der Waals surface area contributed by atoms with Crippen LogP contribution in [0.1, 0.15) is 83.6 Å². The number of esters is 1. The molecule has 0 saturated carbocycles. The Kier molecular flexibility index (Phi) is 33.1. The summed E-state index contributed by atoms with van der Waals surface area (Å²) in [7, 11) is -11.2. The number of fused-ring (bicyclic) bond motifs is 2. The van der Waals surface area contributed by atoms with Crippen molar-refractivity contribution in [3.63, 3.8) is 0 Å². The van der Waals surface area contributed by atoms with E-state index in [-0.39, 0.29) is 97.0 Å². The monoisotopic (exact) mass is 1960 g/mol. The smallest absolute Gasteiger partial charge is 0.322 e. The number of nitrogen functional groups attached to an aromatic ring is 1. The van der Waals surface area contributed by atoms with Crippen LogP contribution < -0.4 is 59.8 Å². The van der Waals surface area contributed by atoms with Gasteiger partial charge in [0, 0.05) is 190 Å². The first-order valence-corrected chi connectivity index (χ1v) is 51.7. The normalized spacial score (nSPS) is 19.9. The number of aromatic nitrogens is 4.